The largest absolute Gasteiger partial charge is 0.495 e. The van der Waals surface area contributed by atoms with Crippen molar-refractivity contribution < 1.29 is 14.3 Å². The van der Waals surface area contributed by atoms with Crippen LogP contribution in [0.1, 0.15) is 19.8 Å². The van der Waals surface area contributed by atoms with Crippen molar-refractivity contribution in [3.8, 4) is 16.9 Å². The fourth-order valence-electron chi connectivity index (χ4n) is 3.38. The second-order valence-corrected chi connectivity index (χ2v) is 7.25. The van der Waals surface area contributed by atoms with Crippen LogP contribution in [0.3, 0.4) is 0 Å². The molecule has 7 heteroatoms. The number of rotatable bonds is 5. The molecule has 6 nitrogen and oxygen atoms in total. The first-order chi connectivity index (χ1) is 14.1. The number of carbonyl (C=O) groups excluding carboxylic acids is 1. The summed E-state index contributed by atoms with van der Waals surface area (Å²) in [7, 11) is 1.64. The number of carbonyl (C=O) groups is 1. The van der Waals surface area contributed by atoms with Gasteiger partial charge in [0.2, 0.25) is 0 Å². The summed E-state index contributed by atoms with van der Waals surface area (Å²) in [5.74, 6) is 0.728. The van der Waals surface area contributed by atoms with Crippen molar-refractivity contribution in [2.45, 2.75) is 25.8 Å². The molecular weight excluding hydrogens is 386 g/mol. The minimum absolute atomic E-state index is 0.212. The number of likely N-dealkylation sites (tertiary alicyclic amines) is 1. The van der Waals surface area contributed by atoms with Gasteiger partial charge in [-0.25, -0.2) is 4.79 Å². The minimum Gasteiger partial charge on any atom is -0.495 e. The summed E-state index contributed by atoms with van der Waals surface area (Å²) in [6.07, 6.45) is 1.40. The molecule has 154 valence electrons. The van der Waals surface area contributed by atoms with Crippen LogP contribution in [0.4, 0.5) is 10.5 Å². The van der Waals surface area contributed by atoms with Gasteiger partial charge >= 0.3 is 6.09 Å². The zero-order chi connectivity index (χ0) is 20.6. The number of amides is 1. The van der Waals surface area contributed by atoms with E-state index in [1.165, 1.54) is 0 Å². The van der Waals surface area contributed by atoms with Crippen LogP contribution in [0.15, 0.2) is 48.5 Å². The van der Waals surface area contributed by atoms with E-state index >= 15 is 0 Å². The summed E-state index contributed by atoms with van der Waals surface area (Å²) in [6.45, 7) is 3.53. The molecule has 0 spiro atoms. The monoisotopic (exact) mass is 413 g/mol. The van der Waals surface area contributed by atoms with Crippen molar-refractivity contribution in [2.75, 3.05) is 32.1 Å². The summed E-state index contributed by atoms with van der Waals surface area (Å²) in [6, 6.07) is 16.4. The lowest BCUT2D eigenvalue weighted by molar-refractivity contribution is 0.0964. The number of nitrogens with zero attached hydrogens (tertiary/aromatic N) is 1. The van der Waals surface area contributed by atoms with Crippen LogP contribution >= 0.6 is 12.2 Å². The maximum absolute atomic E-state index is 11.8. The van der Waals surface area contributed by atoms with Crippen molar-refractivity contribution in [2.24, 2.45) is 0 Å². The number of methoxy groups -OCH3 is 1. The first-order valence-electron chi connectivity index (χ1n) is 9.83. The molecule has 2 aromatic carbocycles. The van der Waals surface area contributed by atoms with Crippen LogP contribution in [0.5, 0.6) is 5.75 Å². The highest BCUT2D eigenvalue weighted by Gasteiger charge is 2.24. The van der Waals surface area contributed by atoms with Crippen molar-refractivity contribution in [1.29, 1.82) is 0 Å². The van der Waals surface area contributed by atoms with Crippen molar-refractivity contribution in [3.05, 3.63) is 48.5 Å². The molecule has 1 fully saturated rings. The van der Waals surface area contributed by atoms with Crippen molar-refractivity contribution >= 4 is 29.1 Å². The Morgan fingerprint density at radius 1 is 1.14 bits per heavy atom. The molecule has 0 atom stereocenters. The van der Waals surface area contributed by atoms with E-state index in [4.69, 9.17) is 21.7 Å². The summed E-state index contributed by atoms with van der Waals surface area (Å²) in [5.41, 5.74) is 3.03. The minimum atomic E-state index is -0.242. The van der Waals surface area contributed by atoms with E-state index in [1.807, 2.05) is 43.3 Å². The van der Waals surface area contributed by atoms with E-state index in [9.17, 15) is 4.79 Å². The van der Waals surface area contributed by atoms with E-state index in [0.717, 1.165) is 35.4 Å². The molecule has 29 heavy (non-hydrogen) atoms. The maximum atomic E-state index is 11.8. The Morgan fingerprint density at radius 3 is 2.52 bits per heavy atom. The molecule has 0 bridgehead atoms. The third-order valence-electron chi connectivity index (χ3n) is 4.91. The summed E-state index contributed by atoms with van der Waals surface area (Å²) >= 11 is 5.52. The van der Waals surface area contributed by atoms with Crippen molar-refractivity contribution in [3.63, 3.8) is 0 Å². The summed E-state index contributed by atoms with van der Waals surface area (Å²) in [4.78, 5) is 13.6. The first kappa shape index (κ1) is 20.9. The average Bonchev–Trinajstić information content (AvgIpc) is 2.75. The van der Waals surface area contributed by atoms with Crippen LogP contribution in [-0.4, -0.2) is 49.0 Å². The van der Waals surface area contributed by atoms with Gasteiger partial charge < -0.3 is 25.0 Å². The molecule has 0 unspecified atom stereocenters. The average molecular weight is 414 g/mol. The number of benzene rings is 2. The van der Waals surface area contributed by atoms with E-state index < -0.39 is 0 Å². The Kier molecular flexibility index (Phi) is 7.30. The van der Waals surface area contributed by atoms with Crippen LogP contribution in [0.25, 0.3) is 11.1 Å². The number of ether oxygens (including phenoxy) is 2. The Balaban J connectivity index is 1.60. The topological polar surface area (TPSA) is 62.8 Å². The highest BCUT2D eigenvalue weighted by molar-refractivity contribution is 7.80. The molecule has 2 aromatic rings. The summed E-state index contributed by atoms with van der Waals surface area (Å²) in [5, 5.41) is 7.16. The van der Waals surface area contributed by atoms with Crippen LogP contribution < -0.4 is 15.4 Å². The molecule has 2 N–H and O–H groups in total. The smallest absolute Gasteiger partial charge is 0.409 e. The maximum Gasteiger partial charge on any atom is 0.409 e. The lowest BCUT2D eigenvalue weighted by Gasteiger charge is -2.32. The molecule has 1 amide bonds. The molecule has 0 aromatic heterocycles. The predicted molar refractivity (Wildman–Crippen MR) is 119 cm³/mol. The molecule has 1 saturated heterocycles. The van der Waals surface area contributed by atoms with Crippen LogP contribution in [0, 0.1) is 0 Å². The quantitative estimate of drug-likeness (QED) is 0.714. The fourth-order valence-corrected chi connectivity index (χ4v) is 3.66. The van der Waals surface area contributed by atoms with E-state index in [2.05, 4.69) is 22.8 Å². The second kappa shape index (κ2) is 10.1. The number of hydrogen-bond acceptors (Lipinski definition) is 4. The third-order valence-corrected chi connectivity index (χ3v) is 5.13. The highest BCUT2D eigenvalue weighted by atomic mass is 32.1. The van der Waals surface area contributed by atoms with Gasteiger partial charge in [-0.2, -0.15) is 0 Å². The fraction of sp³-hybridized carbons (Fsp3) is 0.364. The zero-order valence-corrected chi connectivity index (χ0v) is 17.6. The Morgan fingerprint density at radius 2 is 1.86 bits per heavy atom. The Hall–Kier alpha value is -2.80. The van der Waals surface area contributed by atoms with E-state index in [1.54, 1.807) is 12.0 Å². The second-order valence-electron chi connectivity index (χ2n) is 6.84. The molecule has 1 aliphatic rings. The molecule has 0 aliphatic carbocycles. The van der Waals surface area contributed by atoms with Gasteiger partial charge in [0, 0.05) is 19.1 Å². The number of nitrogens with one attached hydrogen (secondary N) is 2. The SMILES string of the molecule is CCOC(=O)N1CCC(NC(=S)Nc2cc(-c3ccccc3)ccc2OC)CC1. The predicted octanol–water partition coefficient (Wildman–Crippen LogP) is 4.27. The molecule has 1 aliphatic heterocycles. The van der Waals surface area contributed by atoms with Gasteiger partial charge in [-0.1, -0.05) is 36.4 Å². The van der Waals surface area contributed by atoms with Crippen molar-refractivity contribution in [1.82, 2.24) is 10.2 Å². The molecule has 1 heterocycles. The van der Waals surface area contributed by atoms with E-state index in [-0.39, 0.29) is 12.1 Å². The number of piperidine rings is 1. The molecule has 0 radical (unpaired) electrons. The van der Waals surface area contributed by atoms with Gasteiger partial charge in [-0.3, -0.25) is 0 Å². The lowest BCUT2D eigenvalue weighted by atomic mass is 10.0. The Labute approximate surface area is 177 Å². The molecule has 0 saturated carbocycles. The van der Waals surface area contributed by atoms with Crippen LogP contribution in [0.2, 0.25) is 0 Å². The standard InChI is InChI=1S/C22H27N3O3S/c1-3-28-22(26)25-13-11-18(12-14-25)23-21(29)24-19-15-17(9-10-20(19)27-2)16-7-5-4-6-8-16/h4-10,15,18H,3,11-14H2,1-2H3,(H2,23,24,29). The molecular formula is C22H27N3O3S. The number of anilines is 1. The van der Waals surface area contributed by atoms with Gasteiger partial charge in [0.15, 0.2) is 5.11 Å². The van der Waals surface area contributed by atoms with E-state index in [0.29, 0.717) is 24.8 Å². The van der Waals surface area contributed by atoms with Crippen LogP contribution in [-0.2, 0) is 4.74 Å². The first-order valence-corrected chi connectivity index (χ1v) is 10.2. The zero-order valence-electron chi connectivity index (χ0n) is 16.8. The third kappa shape index (κ3) is 5.60. The summed E-state index contributed by atoms with van der Waals surface area (Å²) < 4.78 is 10.5. The Bertz CT molecular complexity index is 836. The van der Waals surface area contributed by atoms with Gasteiger partial charge in [0.05, 0.1) is 19.4 Å². The highest BCUT2D eigenvalue weighted by Crippen LogP contribution is 2.30. The van der Waals surface area contributed by atoms with Gasteiger partial charge in [0.1, 0.15) is 5.75 Å². The number of thiocarbonyl (C=S) groups is 1. The van der Waals surface area contributed by atoms with Gasteiger partial charge in [-0.15, -0.1) is 0 Å². The molecule has 3 rings (SSSR count). The normalized spacial score (nSPS) is 14.2. The number of hydrogen-bond donors (Lipinski definition) is 2. The van der Waals surface area contributed by atoms with Gasteiger partial charge in [-0.05, 0) is 55.2 Å². The lowest BCUT2D eigenvalue weighted by Crippen LogP contribution is -2.47. The van der Waals surface area contributed by atoms with Gasteiger partial charge in [0.25, 0.3) is 0 Å².